The Morgan fingerprint density at radius 1 is 1.03 bits per heavy atom. The fourth-order valence-corrected chi connectivity index (χ4v) is 7.85. The summed E-state index contributed by atoms with van der Waals surface area (Å²) in [4.78, 5) is 21.8. The van der Waals surface area contributed by atoms with Crippen molar-refractivity contribution in [2.24, 2.45) is 0 Å². The number of nitrogens with one attached hydrogen (secondary N) is 1. The van der Waals surface area contributed by atoms with Crippen LogP contribution in [-0.2, 0) is 10.0 Å². The van der Waals surface area contributed by atoms with Gasteiger partial charge < -0.3 is 11.1 Å². The fourth-order valence-electron chi connectivity index (χ4n) is 4.03. The summed E-state index contributed by atoms with van der Waals surface area (Å²) in [6.07, 6.45) is 2.67. The van der Waals surface area contributed by atoms with E-state index in [-0.39, 0.29) is 20.9 Å². The van der Waals surface area contributed by atoms with Crippen LogP contribution < -0.4 is 11.1 Å². The van der Waals surface area contributed by atoms with Crippen LogP contribution in [-0.4, -0.2) is 47.6 Å². The van der Waals surface area contributed by atoms with Gasteiger partial charge in [0.05, 0.1) is 16.1 Å². The summed E-state index contributed by atoms with van der Waals surface area (Å²) in [6.45, 7) is 0.591. The fraction of sp³-hybridized carbons (Fsp3) is 0.208. The number of aromatic nitrogens is 2. The molecule has 4 heterocycles. The summed E-state index contributed by atoms with van der Waals surface area (Å²) in [7, 11) is -3.65. The van der Waals surface area contributed by atoms with Gasteiger partial charge in [-0.2, -0.15) is 4.31 Å². The first kappa shape index (κ1) is 25.4. The molecule has 0 unspecified atom stereocenters. The molecule has 0 saturated carbocycles. The third-order valence-electron chi connectivity index (χ3n) is 5.92. The van der Waals surface area contributed by atoms with Gasteiger partial charge in [-0.1, -0.05) is 23.5 Å². The molecule has 3 aromatic heterocycles. The highest BCUT2D eigenvalue weighted by atomic mass is 32.2. The number of carbonyl (C=O) groups excluding carboxylic acids is 1. The second-order valence-corrected chi connectivity index (χ2v) is 12.6. The van der Waals surface area contributed by atoms with Crippen molar-refractivity contribution in [3.8, 4) is 10.6 Å². The van der Waals surface area contributed by atoms with Gasteiger partial charge in [0.25, 0.3) is 10.0 Å². The summed E-state index contributed by atoms with van der Waals surface area (Å²) in [5.74, 6) is -2.94. The normalized spacial score (nSPS) is 15.1. The number of hydrogen-bond donors (Lipinski definition) is 2. The van der Waals surface area contributed by atoms with E-state index < -0.39 is 33.0 Å². The molecule has 1 aliphatic rings. The predicted octanol–water partition coefficient (Wildman–Crippen LogP) is 4.62. The number of benzene rings is 1. The minimum atomic E-state index is -3.65. The van der Waals surface area contributed by atoms with Crippen LogP contribution in [0.5, 0.6) is 0 Å². The van der Waals surface area contributed by atoms with E-state index in [4.69, 9.17) is 5.73 Å². The van der Waals surface area contributed by atoms with E-state index in [0.717, 1.165) is 34.0 Å². The number of nitrogens with two attached hydrogens (primary N) is 1. The smallest absolute Gasteiger partial charge is 0.252 e. The first-order valence-electron chi connectivity index (χ1n) is 11.3. The maximum Gasteiger partial charge on any atom is 0.252 e. The maximum absolute atomic E-state index is 14.1. The lowest BCUT2D eigenvalue weighted by atomic mass is 10.1. The molecule has 0 spiro atoms. The number of nitrogens with zero attached hydrogens (tertiary/aromatic N) is 3. The largest absolute Gasteiger partial charge is 0.382 e. The number of thiophene rings is 1. The standard InChI is InChI=1S/C24H21F2N5O3S3/c25-15-4-3-5-16(26)20(15)21(32)22-23(27)30-24(36-22)29-14-9-12-31(13-10-14)37(33,34)19-8-7-18(35-19)17-6-1-2-11-28-17/h1-8,11,14H,9-10,12-13,27H2,(H,29,30). The average Bonchev–Trinajstić information content (AvgIpc) is 3.52. The molecule has 192 valence electrons. The van der Waals surface area contributed by atoms with Gasteiger partial charge in [0.15, 0.2) is 5.13 Å². The SMILES string of the molecule is Nc1nc(NC2CCN(S(=O)(=O)c3ccc(-c4ccccn4)s3)CC2)sc1C(=O)c1c(F)cccc1F. The van der Waals surface area contributed by atoms with Crippen molar-refractivity contribution in [1.29, 1.82) is 0 Å². The van der Waals surface area contributed by atoms with E-state index in [1.165, 1.54) is 21.7 Å². The van der Waals surface area contributed by atoms with Gasteiger partial charge in [0, 0.05) is 25.3 Å². The third kappa shape index (κ3) is 5.12. The van der Waals surface area contributed by atoms with Crippen LogP contribution in [0.1, 0.15) is 28.1 Å². The average molecular weight is 562 g/mol. The van der Waals surface area contributed by atoms with Crippen LogP contribution in [0.2, 0.25) is 0 Å². The molecule has 5 rings (SSSR count). The van der Waals surface area contributed by atoms with Gasteiger partial charge in [-0.25, -0.2) is 22.2 Å². The Kier molecular flexibility index (Phi) is 7.03. The molecule has 4 aromatic rings. The van der Waals surface area contributed by atoms with E-state index in [2.05, 4.69) is 15.3 Å². The lowest BCUT2D eigenvalue weighted by molar-refractivity contribution is 0.103. The van der Waals surface area contributed by atoms with Crippen LogP contribution in [0.4, 0.5) is 19.7 Å². The van der Waals surface area contributed by atoms with Crippen molar-refractivity contribution in [1.82, 2.24) is 14.3 Å². The topological polar surface area (TPSA) is 118 Å². The van der Waals surface area contributed by atoms with Gasteiger partial charge >= 0.3 is 0 Å². The predicted molar refractivity (Wildman–Crippen MR) is 139 cm³/mol. The Bertz CT molecular complexity index is 1530. The summed E-state index contributed by atoms with van der Waals surface area (Å²) in [5, 5.41) is 3.51. The number of anilines is 2. The number of piperidine rings is 1. The Morgan fingerprint density at radius 3 is 2.43 bits per heavy atom. The van der Waals surface area contributed by atoms with Crippen LogP contribution in [0.25, 0.3) is 10.6 Å². The monoisotopic (exact) mass is 561 g/mol. The van der Waals surface area contributed by atoms with Gasteiger partial charge in [-0.05, 0) is 49.2 Å². The van der Waals surface area contributed by atoms with Gasteiger partial charge in [-0.3, -0.25) is 9.78 Å². The number of ketones is 1. The van der Waals surface area contributed by atoms with Crippen molar-refractivity contribution in [2.45, 2.75) is 23.1 Å². The molecule has 8 nitrogen and oxygen atoms in total. The molecule has 3 N–H and O–H groups in total. The lowest BCUT2D eigenvalue weighted by Crippen LogP contribution is -2.42. The third-order valence-corrected chi connectivity index (χ3v) is 10.4. The van der Waals surface area contributed by atoms with Gasteiger partial charge in [0.2, 0.25) is 5.78 Å². The highest BCUT2D eigenvalue weighted by Gasteiger charge is 2.31. The molecule has 1 fully saturated rings. The molecule has 0 amide bonds. The molecule has 13 heteroatoms. The van der Waals surface area contributed by atoms with E-state index in [0.29, 0.717) is 31.1 Å². The zero-order valence-corrected chi connectivity index (χ0v) is 21.7. The van der Waals surface area contributed by atoms with Crippen molar-refractivity contribution >= 4 is 49.4 Å². The van der Waals surface area contributed by atoms with Crippen molar-refractivity contribution in [2.75, 3.05) is 24.1 Å². The summed E-state index contributed by atoms with van der Waals surface area (Å²) in [5.41, 5.74) is 5.91. The zero-order chi connectivity index (χ0) is 26.2. The first-order valence-corrected chi connectivity index (χ1v) is 14.3. The van der Waals surface area contributed by atoms with Gasteiger partial charge in [-0.15, -0.1) is 11.3 Å². The van der Waals surface area contributed by atoms with Crippen molar-refractivity contribution in [3.63, 3.8) is 0 Å². The minimum absolute atomic E-state index is 0.0621. The molecule has 0 aliphatic carbocycles. The number of sulfonamides is 1. The van der Waals surface area contributed by atoms with Crippen LogP contribution in [0, 0.1) is 11.6 Å². The molecular weight excluding hydrogens is 540 g/mol. The molecule has 1 aliphatic heterocycles. The lowest BCUT2D eigenvalue weighted by Gasteiger charge is -2.31. The molecule has 0 bridgehead atoms. The number of rotatable bonds is 7. The van der Waals surface area contributed by atoms with E-state index in [1.54, 1.807) is 24.4 Å². The number of thiazole rings is 1. The van der Waals surface area contributed by atoms with Crippen molar-refractivity contribution < 1.29 is 22.0 Å². The summed E-state index contributed by atoms with van der Waals surface area (Å²) in [6, 6.07) is 11.9. The Balaban J connectivity index is 1.23. The maximum atomic E-state index is 14.1. The summed E-state index contributed by atoms with van der Waals surface area (Å²) < 4.78 is 56.2. The number of hydrogen-bond acceptors (Lipinski definition) is 9. The molecule has 0 atom stereocenters. The quantitative estimate of drug-likeness (QED) is 0.316. The number of carbonyl (C=O) groups is 1. The highest BCUT2D eigenvalue weighted by molar-refractivity contribution is 7.91. The van der Waals surface area contributed by atoms with E-state index in [1.807, 2.05) is 12.1 Å². The van der Waals surface area contributed by atoms with E-state index in [9.17, 15) is 22.0 Å². The summed E-state index contributed by atoms with van der Waals surface area (Å²) >= 11 is 2.09. The number of halogens is 2. The van der Waals surface area contributed by atoms with Crippen molar-refractivity contribution in [3.05, 3.63) is 76.8 Å². The second-order valence-electron chi connectivity index (χ2n) is 8.32. The Hall–Kier alpha value is -3.26. The Labute approximate surface area is 219 Å². The Morgan fingerprint density at radius 2 is 1.76 bits per heavy atom. The van der Waals surface area contributed by atoms with Gasteiger partial charge in [0.1, 0.15) is 26.5 Å². The molecular formula is C24H21F2N5O3S3. The highest BCUT2D eigenvalue weighted by Crippen LogP contribution is 2.34. The molecule has 0 radical (unpaired) electrons. The van der Waals surface area contributed by atoms with Crippen LogP contribution >= 0.6 is 22.7 Å². The first-order chi connectivity index (χ1) is 17.7. The van der Waals surface area contributed by atoms with E-state index >= 15 is 0 Å². The molecule has 37 heavy (non-hydrogen) atoms. The number of pyridine rings is 1. The second kappa shape index (κ2) is 10.2. The minimum Gasteiger partial charge on any atom is -0.382 e. The molecule has 1 saturated heterocycles. The molecule has 1 aromatic carbocycles. The zero-order valence-electron chi connectivity index (χ0n) is 19.2. The number of nitrogen functional groups attached to an aromatic ring is 1. The van der Waals surface area contributed by atoms with Crippen LogP contribution in [0.3, 0.4) is 0 Å². The van der Waals surface area contributed by atoms with Crippen LogP contribution in [0.15, 0.2) is 58.9 Å².